The van der Waals surface area contributed by atoms with Gasteiger partial charge < -0.3 is 11.1 Å². The highest BCUT2D eigenvalue weighted by Gasteiger charge is 2.29. The molecule has 5 nitrogen and oxygen atoms in total. The van der Waals surface area contributed by atoms with Gasteiger partial charge in [-0.1, -0.05) is 69.2 Å². The zero-order valence-electron chi connectivity index (χ0n) is 20.8. The molecule has 0 fully saturated rings. The molecule has 0 spiro atoms. The van der Waals surface area contributed by atoms with Crippen LogP contribution in [0.3, 0.4) is 0 Å². The van der Waals surface area contributed by atoms with Gasteiger partial charge in [-0.15, -0.1) is 11.3 Å². The highest BCUT2D eigenvalue weighted by atomic mass is 32.1. The summed E-state index contributed by atoms with van der Waals surface area (Å²) in [5.74, 6) is -0.115. The topological polar surface area (TPSA) is 85.1 Å². The van der Waals surface area contributed by atoms with E-state index in [1.54, 1.807) is 0 Å². The molecular formula is C30H31N3O2S. The molecule has 0 bridgehead atoms. The Morgan fingerprint density at radius 2 is 1.89 bits per heavy atom. The molecule has 0 aliphatic heterocycles. The smallest absolute Gasteiger partial charge is 0.257 e. The van der Waals surface area contributed by atoms with Gasteiger partial charge in [-0.25, -0.2) is 4.98 Å². The van der Waals surface area contributed by atoms with E-state index < -0.39 is 5.91 Å². The largest absolute Gasteiger partial charge is 0.365 e. The number of benzene rings is 2. The Kier molecular flexibility index (Phi) is 6.88. The molecular weight excluding hydrogens is 466 g/mol. The van der Waals surface area contributed by atoms with Crippen molar-refractivity contribution < 1.29 is 9.59 Å². The second-order valence-corrected chi connectivity index (χ2v) is 10.7. The molecule has 1 aliphatic rings. The lowest BCUT2D eigenvalue weighted by molar-refractivity contribution is 0.1000. The molecule has 1 unspecified atom stereocenters. The highest BCUT2D eigenvalue weighted by molar-refractivity contribution is 7.17. The molecule has 3 N–H and O–H groups in total. The fraction of sp³-hybridized carbons (Fsp3) is 0.300. The molecule has 184 valence electrons. The number of carbonyl (C=O) groups excluding carboxylic acids is 2. The number of anilines is 1. The molecule has 1 atom stereocenters. The van der Waals surface area contributed by atoms with Crippen molar-refractivity contribution in [3.8, 4) is 11.3 Å². The van der Waals surface area contributed by atoms with E-state index in [2.05, 4.69) is 31.3 Å². The summed E-state index contributed by atoms with van der Waals surface area (Å²) < 4.78 is 0. The van der Waals surface area contributed by atoms with Crippen LogP contribution in [-0.2, 0) is 19.3 Å². The van der Waals surface area contributed by atoms with Crippen molar-refractivity contribution in [2.45, 2.75) is 52.4 Å². The number of nitrogens with one attached hydrogen (secondary N) is 1. The first-order chi connectivity index (χ1) is 17.5. The molecule has 2 amide bonds. The summed E-state index contributed by atoms with van der Waals surface area (Å²) >= 11 is 1.50. The maximum atomic E-state index is 13.7. The number of hydrogen-bond donors (Lipinski definition) is 2. The number of amides is 2. The van der Waals surface area contributed by atoms with Crippen LogP contribution in [0.4, 0.5) is 5.00 Å². The first kappa shape index (κ1) is 24.2. The number of carbonyl (C=O) groups is 2. The Balaban J connectivity index is 1.53. The number of hydrogen-bond acceptors (Lipinski definition) is 4. The maximum Gasteiger partial charge on any atom is 0.257 e. The van der Waals surface area contributed by atoms with E-state index in [9.17, 15) is 9.59 Å². The number of thiophene rings is 1. The number of primary amides is 1. The Morgan fingerprint density at radius 3 is 2.61 bits per heavy atom. The fourth-order valence-electron chi connectivity index (χ4n) is 5.25. The van der Waals surface area contributed by atoms with Crippen LogP contribution in [0.15, 0.2) is 54.6 Å². The van der Waals surface area contributed by atoms with Crippen molar-refractivity contribution >= 4 is 39.1 Å². The average Bonchev–Trinajstić information content (AvgIpc) is 3.25. The Labute approximate surface area is 215 Å². The summed E-state index contributed by atoms with van der Waals surface area (Å²) in [6.07, 6.45) is 6.12. The third-order valence-corrected chi connectivity index (χ3v) is 8.33. The molecule has 0 saturated heterocycles. The highest BCUT2D eigenvalue weighted by Crippen LogP contribution is 2.41. The number of fused-ring (bicyclic) bond motifs is 2. The standard InChI is InChI=1S/C30H31N3O2S/c1-3-7-19-12-15-22-26(16-19)36-30(27(22)28(31)34)33-29(35)23-17-25(20-13-10-18(4-2)11-14-20)32-24-9-6-5-8-21(23)24/h5-6,8-11,13-14,17,19H,3-4,7,12,15-16H2,1-2H3,(H2,31,34)(H,33,35). The lowest BCUT2D eigenvalue weighted by Gasteiger charge is -2.21. The van der Waals surface area contributed by atoms with Crippen LogP contribution in [0.1, 0.15) is 69.8 Å². The first-order valence-electron chi connectivity index (χ1n) is 12.7. The van der Waals surface area contributed by atoms with Crippen LogP contribution in [0.5, 0.6) is 0 Å². The van der Waals surface area contributed by atoms with Gasteiger partial charge >= 0.3 is 0 Å². The van der Waals surface area contributed by atoms with E-state index in [-0.39, 0.29) is 5.91 Å². The number of aromatic nitrogens is 1. The van der Waals surface area contributed by atoms with E-state index >= 15 is 0 Å². The third-order valence-electron chi connectivity index (χ3n) is 7.16. The molecule has 1 aliphatic carbocycles. The second kappa shape index (κ2) is 10.2. The number of para-hydroxylation sites is 1. The summed E-state index contributed by atoms with van der Waals surface area (Å²) in [7, 11) is 0. The molecule has 0 radical (unpaired) electrons. The molecule has 0 saturated carbocycles. The first-order valence-corrected chi connectivity index (χ1v) is 13.5. The molecule has 5 rings (SSSR count). The molecule has 36 heavy (non-hydrogen) atoms. The minimum Gasteiger partial charge on any atom is -0.365 e. The molecule has 4 aromatic rings. The monoisotopic (exact) mass is 497 g/mol. The zero-order valence-corrected chi connectivity index (χ0v) is 21.6. The molecule has 6 heteroatoms. The van der Waals surface area contributed by atoms with Crippen molar-refractivity contribution in [1.82, 2.24) is 4.98 Å². The minimum absolute atomic E-state index is 0.258. The van der Waals surface area contributed by atoms with Gasteiger partial charge in [0.2, 0.25) is 0 Å². The Morgan fingerprint density at radius 1 is 1.11 bits per heavy atom. The van der Waals surface area contributed by atoms with Crippen LogP contribution in [0.25, 0.3) is 22.2 Å². The van der Waals surface area contributed by atoms with Gasteiger partial charge in [-0.05, 0) is 54.9 Å². The third kappa shape index (κ3) is 4.65. The summed E-state index contributed by atoms with van der Waals surface area (Å²) in [6, 6.07) is 17.8. The van der Waals surface area contributed by atoms with E-state index in [0.29, 0.717) is 22.0 Å². The minimum atomic E-state index is -0.479. The van der Waals surface area contributed by atoms with Crippen LogP contribution in [0, 0.1) is 5.92 Å². The van der Waals surface area contributed by atoms with Gasteiger partial charge in [0.1, 0.15) is 5.00 Å². The van der Waals surface area contributed by atoms with Gasteiger partial charge in [-0.3, -0.25) is 9.59 Å². The van der Waals surface area contributed by atoms with Crippen LogP contribution in [0.2, 0.25) is 0 Å². The van der Waals surface area contributed by atoms with Crippen molar-refractivity contribution in [2.75, 3.05) is 5.32 Å². The van der Waals surface area contributed by atoms with Crippen LogP contribution >= 0.6 is 11.3 Å². The fourth-order valence-corrected chi connectivity index (χ4v) is 6.61. The number of nitrogens with zero attached hydrogens (tertiary/aromatic N) is 1. The van der Waals surface area contributed by atoms with Gasteiger partial charge in [0.15, 0.2) is 0 Å². The van der Waals surface area contributed by atoms with Crippen molar-refractivity contribution in [1.29, 1.82) is 0 Å². The van der Waals surface area contributed by atoms with Gasteiger partial charge in [0.05, 0.1) is 22.3 Å². The van der Waals surface area contributed by atoms with Crippen molar-refractivity contribution in [3.05, 3.63) is 81.7 Å². The summed E-state index contributed by atoms with van der Waals surface area (Å²) in [4.78, 5) is 32.1. The van der Waals surface area contributed by atoms with E-state index in [0.717, 1.165) is 59.8 Å². The second-order valence-electron chi connectivity index (χ2n) is 9.55. The predicted molar refractivity (Wildman–Crippen MR) is 148 cm³/mol. The van der Waals surface area contributed by atoms with Crippen molar-refractivity contribution in [3.63, 3.8) is 0 Å². The van der Waals surface area contributed by atoms with E-state index in [1.165, 1.54) is 28.2 Å². The van der Waals surface area contributed by atoms with Gasteiger partial charge in [0.25, 0.3) is 11.8 Å². The molecule has 2 aromatic heterocycles. The lowest BCUT2D eigenvalue weighted by atomic mass is 9.84. The summed E-state index contributed by atoms with van der Waals surface area (Å²) in [5.41, 5.74) is 11.5. The SMILES string of the molecule is CCCC1CCc2c(sc(NC(=O)c3cc(-c4ccc(CC)cc4)nc4ccccc34)c2C(N)=O)C1. The average molecular weight is 498 g/mol. The summed E-state index contributed by atoms with van der Waals surface area (Å²) in [5, 5.41) is 4.38. The Bertz CT molecular complexity index is 1440. The zero-order chi connectivity index (χ0) is 25.2. The van der Waals surface area contributed by atoms with E-state index in [1.807, 2.05) is 42.5 Å². The number of pyridine rings is 1. The van der Waals surface area contributed by atoms with Gasteiger partial charge in [-0.2, -0.15) is 0 Å². The molecule has 2 heterocycles. The lowest BCUT2D eigenvalue weighted by Crippen LogP contribution is -2.20. The Hall–Kier alpha value is -3.51. The van der Waals surface area contributed by atoms with Crippen molar-refractivity contribution in [2.24, 2.45) is 11.7 Å². The molecule has 2 aromatic carbocycles. The predicted octanol–water partition coefficient (Wildman–Crippen LogP) is 6.78. The van der Waals surface area contributed by atoms with E-state index in [4.69, 9.17) is 10.7 Å². The maximum absolute atomic E-state index is 13.7. The summed E-state index contributed by atoms with van der Waals surface area (Å²) in [6.45, 7) is 4.33. The number of aryl methyl sites for hydroxylation is 1. The van der Waals surface area contributed by atoms with Crippen LogP contribution in [-0.4, -0.2) is 16.8 Å². The number of nitrogens with two attached hydrogens (primary N) is 1. The number of rotatable bonds is 7. The van der Waals surface area contributed by atoms with Gasteiger partial charge in [0, 0.05) is 15.8 Å². The quantitative estimate of drug-likeness (QED) is 0.295. The van der Waals surface area contributed by atoms with Crippen LogP contribution < -0.4 is 11.1 Å². The normalized spacial score (nSPS) is 15.0.